The van der Waals surface area contributed by atoms with Crippen LogP contribution < -0.4 is 5.73 Å². The fourth-order valence-electron chi connectivity index (χ4n) is 2.86. The Morgan fingerprint density at radius 1 is 1.05 bits per heavy atom. The van der Waals surface area contributed by atoms with Crippen molar-refractivity contribution in [1.82, 2.24) is 4.98 Å². The average molecular weight is 308 g/mol. The van der Waals surface area contributed by atoms with Crippen LogP contribution in [0.3, 0.4) is 0 Å². The van der Waals surface area contributed by atoms with Crippen LogP contribution in [-0.2, 0) is 5.54 Å². The molecule has 3 rings (SSSR count). The second kappa shape index (κ2) is 5.81. The van der Waals surface area contributed by atoms with Crippen LogP contribution in [0, 0.1) is 11.6 Å². The molecule has 1 heterocycles. The van der Waals surface area contributed by atoms with Crippen LogP contribution in [-0.4, -0.2) is 4.98 Å². The monoisotopic (exact) mass is 308 g/mol. The predicted octanol–water partition coefficient (Wildman–Crippen LogP) is 4.60. The van der Waals surface area contributed by atoms with Gasteiger partial charge >= 0.3 is 0 Å². The smallest absolute Gasteiger partial charge is 0.159 e. The molecule has 0 aliphatic heterocycles. The lowest BCUT2D eigenvalue weighted by atomic mass is 9.92. The van der Waals surface area contributed by atoms with Crippen molar-refractivity contribution in [1.29, 1.82) is 0 Å². The summed E-state index contributed by atoms with van der Waals surface area (Å²) in [6.45, 7) is 0. The first-order valence-electron chi connectivity index (χ1n) is 7.29. The van der Waals surface area contributed by atoms with E-state index < -0.39 is 11.6 Å². The van der Waals surface area contributed by atoms with E-state index in [1.54, 1.807) is 6.07 Å². The van der Waals surface area contributed by atoms with E-state index in [1.165, 1.54) is 30.2 Å². The number of hydrogen-bond acceptors (Lipinski definition) is 3. The van der Waals surface area contributed by atoms with E-state index >= 15 is 0 Å². The molecule has 0 atom stereocenters. The van der Waals surface area contributed by atoms with E-state index in [-0.39, 0.29) is 5.54 Å². The van der Waals surface area contributed by atoms with Gasteiger partial charge in [0.25, 0.3) is 0 Å². The van der Waals surface area contributed by atoms with Crippen molar-refractivity contribution in [2.45, 2.75) is 44.1 Å². The van der Waals surface area contributed by atoms with Gasteiger partial charge in [0.05, 0.1) is 11.2 Å². The molecule has 1 fully saturated rings. The van der Waals surface area contributed by atoms with Crippen molar-refractivity contribution in [2.24, 2.45) is 5.73 Å². The lowest BCUT2D eigenvalue weighted by molar-refractivity contribution is 0.384. The van der Waals surface area contributed by atoms with E-state index in [0.717, 1.165) is 36.8 Å². The highest BCUT2D eigenvalue weighted by molar-refractivity contribution is 7.10. The maximum Gasteiger partial charge on any atom is 0.159 e. The van der Waals surface area contributed by atoms with Crippen LogP contribution in [0.25, 0.3) is 11.3 Å². The number of benzene rings is 1. The Morgan fingerprint density at radius 3 is 2.43 bits per heavy atom. The average Bonchev–Trinajstić information content (AvgIpc) is 2.86. The molecule has 21 heavy (non-hydrogen) atoms. The van der Waals surface area contributed by atoms with Crippen molar-refractivity contribution in [3.8, 4) is 11.3 Å². The summed E-state index contributed by atoms with van der Waals surface area (Å²) in [4.78, 5) is 4.59. The number of halogens is 2. The number of thiazole rings is 1. The van der Waals surface area contributed by atoms with Gasteiger partial charge in [-0.05, 0) is 31.0 Å². The largest absolute Gasteiger partial charge is 0.319 e. The fraction of sp³-hybridized carbons (Fsp3) is 0.438. The van der Waals surface area contributed by atoms with Crippen LogP contribution in [0.4, 0.5) is 8.78 Å². The molecule has 0 bridgehead atoms. The zero-order valence-electron chi connectivity index (χ0n) is 11.7. The first kappa shape index (κ1) is 14.6. The number of nitrogens with two attached hydrogens (primary N) is 1. The van der Waals surface area contributed by atoms with E-state index in [0.29, 0.717) is 11.3 Å². The molecule has 1 aliphatic rings. The third kappa shape index (κ3) is 2.99. The summed E-state index contributed by atoms with van der Waals surface area (Å²) in [5.41, 5.74) is 7.44. The van der Waals surface area contributed by atoms with Gasteiger partial charge in [-0.15, -0.1) is 11.3 Å². The minimum absolute atomic E-state index is 0.363. The lowest BCUT2D eigenvalue weighted by Crippen LogP contribution is -2.35. The minimum atomic E-state index is -0.848. The number of rotatable bonds is 2. The van der Waals surface area contributed by atoms with Gasteiger partial charge < -0.3 is 5.73 Å². The van der Waals surface area contributed by atoms with Crippen molar-refractivity contribution in [3.05, 3.63) is 40.2 Å². The Morgan fingerprint density at radius 2 is 1.76 bits per heavy atom. The molecule has 112 valence electrons. The fourth-order valence-corrected chi connectivity index (χ4v) is 3.87. The quantitative estimate of drug-likeness (QED) is 0.824. The van der Waals surface area contributed by atoms with Crippen molar-refractivity contribution in [2.75, 3.05) is 0 Å². The Labute approximate surface area is 127 Å². The summed E-state index contributed by atoms with van der Waals surface area (Å²) in [5, 5.41) is 2.78. The van der Waals surface area contributed by atoms with Gasteiger partial charge in [-0.2, -0.15) is 0 Å². The highest BCUT2D eigenvalue weighted by Crippen LogP contribution is 2.37. The number of nitrogens with zero attached hydrogens (tertiary/aromatic N) is 1. The second-order valence-electron chi connectivity index (χ2n) is 5.74. The standard InChI is InChI=1S/C16H18F2N2S/c17-12-6-5-11(9-13(12)18)14-10-21-15(20-14)16(19)7-3-1-2-4-8-16/h5-6,9-10H,1-4,7-8,19H2. The van der Waals surface area contributed by atoms with Gasteiger partial charge in [0.2, 0.25) is 0 Å². The minimum Gasteiger partial charge on any atom is -0.319 e. The van der Waals surface area contributed by atoms with Gasteiger partial charge in [-0.3, -0.25) is 0 Å². The molecule has 0 spiro atoms. The topological polar surface area (TPSA) is 38.9 Å². The third-order valence-electron chi connectivity index (χ3n) is 4.14. The summed E-state index contributed by atoms with van der Waals surface area (Å²) in [6, 6.07) is 3.87. The van der Waals surface area contributed by atoms with Crippen molar-refractivity contribution < 1.29 is 8.78 Å². The summed E-state index contributed by atoms with van der Waals surface area (Å²) in [6.07, 6.45) is 6.57. The van der Waals surface area contributed by atoms with Crippen LogP contribution in [0.2, 0.25) is 0 Å². The van der Waals surface area contributed by atoms with Crippen LogP contribution in [0.5, 0.6) is 0 Å². The van der Waals surface area contributed by atoms with E-state index in [2.05, 4.69) is 4.98 Å². The Kier molecular flexibility index (Phi) is 4.04. The summed E-state index contributed by atoms with van der Waals surface area (Å²) >= 11 is 1.52. The summed E-state index contributed by atoms with van der Waals surface area (Å²) in [5.74, 6) is -1.69. The number of hydrogen-bond donors (Lipinski definition) is 1. The number of aromatic nitrogens is 1. The Balaban J connectivity index is 1.90. The van der Waals surface area contributed by atoms with Crippen molar-refractivity contribution >= 4 is 11.3 Å². The molecular weight excluding hydrogens is 290 g/mol. The third-order valence-corrected chi connectivity index (χ3v) is 5.20. The highest BCUT2D eigenvalue weighted by Gasteiger charge is 2.31. The van der Waals surface area contributed by atoms with Gasteiger partial charge in [-0.1, -0.05) is 25.7 Å². The zero-order chi connectivity index (χ0) is 14.9. The molecule has 1 aliphatic carbocycles. The molecule has 0 saturated heterocycles. The van der Waals surface area contributed by atoms with Gasteiger partial charge in [0, 0.05) is 10.9 Å². The molecule has 2 N–H and O–H groups in total. The normalized spacial score (nSPS) is 18.4. The molecule has 1 saturated carbocycles. The summed E-state index contributed by atoms with van der Waals surface area (Å²) in [7, 11) is 0. The van der Waals surface area contributed by atoms with E-state index in [9.17, 15) is 8.78 Å². The Bertz CT molecular complexity index is 631. The first-order chi connectivity index (χ1) is 10.1. The van der Waals surface area contributed by atoms with E-state index in [1.807, 2.05) is 5.38 Å². The molecule has 2 aromatic rings. The summed E-state index contributed by atoms with van der Waals surface area (Å²) < 4.78 is 26.3. The maximum atomic E-state index is 13.3. The molecule has 1 aromatic carbocycles. The lowest BCUT2D eigenvalue weighted by Gasteiger charge is -2.25. The molecule has 5 heteroatoms. The first-order valence-corrected chi connectivity index (χ1v) is 8.17. The van der Waals surface area contributed by atoms with Gasteiger partial charge in [0.15, 0.2) is 11.6 Å². The Hall–Kier alpha value is -1.33. The molecule has 0 radical (unpaired) electrons. The molecule has 2 nitrogen and oxygen atoms in total. The highest BCUT2D eigenvalue weighted by atomic mass is 32.1. The second-order valence-corrected chi connectivity index (χ2v) is 6.60. The maximum absolute atomic E-state index is 13.3. The van der Waals surface area contributed by atoms with Crippen LogP contribution in [0.15, 0.2) is 23.6 Å². The molecular formula is C16H18F2N2S. The van der Waals surface area contributed by atoms with Gasteiger partial charge in [0.1, 0.15) is 5.01 Å². The van der Waals surface area contributed by atoms with Crippen molar-refractivity contribution in [3.63, 3.8) is 0 Å². The van der Waals surface area contributed by atoms with E-state index in [4.69, 9.17) is 5.73 Å². The van der Waals surface area contributed by atoms with Gasteiger partial charge in [-0.25, -0.2) is 13.8 Å². The zero-order valence-corrected chi connectivity index (χ0v) is 12.6. The SMILES string of the molecule is NC1(c2nc(-c3ccc(F)c(F)c3)cs2)CCCCCC1. The molecule has 0 amide bonds. The van der Waals surface area contributed by atoms with Crippen LogP contribution in [0.1, 0.15) is 43.5 Å². The molecule has 0 unspecified atom stereocenters. The molecule has 1 aromatic heterocycles. The van der Waals surface area contributed by atoms with Crippen LogP contribution >= 0.6 is 11.3 Å². The predicted molar refractivity (Wildman–Crippen MR) is 81.0 cm³/mol.